The van der Waals surface area contributed by atoms with Crippen molar-refractivity contribution in [2.75, 3.05) is 20.1 Å². The van der Waals surface area contributed by atoms with Crippen LogP contribution < -0.4 is 10.6 Å². The van der Waals surface area contributed by atoms with E-state index in [-0.39, 0.29) is 5.41 Å². The zero-order chi connectivity index (χ0) is 17.0. The van der Waals surface area contributed by atoms with E-state index >= 15 is 0 Å². The largest absolute Gasteiger partial charge is 0.356 e. The third-order valence-electron chi connectivity index (χ3n) is 4.58. The highest BCUT2D eigenvalue weighted by Gasteiger charge is 2.45. The minimum Gasteiger partial charge on any atom is -0.356 e. The van der Waals surface area contributed by atoms with E-state index in [1.165, 1.54) is 28.4 Å². The van der Waals surface area contributed by atoms with E-state index in [2.05, 4.69) is 60.9 Å². The molecule has 5 nitrogen and oxygen atoms in total. The quantitative estimate of drug-likeness (QED) is 0.589. The van der Waals surface area contributed by atoms with Crippen molar-refractivity contribution in [3.8, 4) is 0 Å². The summed E-state index contributed by atoms with van der Waals surface area (Å²) in [5.41, 5.74) is 2.86. The summed E-state index contributed by atoms with van der Waals surface area (Å²) >= 11 is 3.68. The van der Waals surface area contributed by atoms with Crippen molar-refractivity contribution < 1.29 is 0 Å². The van der Waals surface area contributed by atoms with E-state index in [1.807, 2.05) is 31.2 Å². The second kappa shape index (κ2) is 7.38. The van der Waals surface area contributed by atoms with Gasteiger partial charge in [0.25, 0.3) is 0 Å². The minimum atomic E-state index is 0.237. The van der Waals surface area contributed by atoms with Crippen LogP contribution in [0.3, 0.4) is 0 Å². The maximum atomic E-state index is 4.33. The Labute approximate surface area is 151 Å². The van der Waals surface area contributed by atoms with Crippen LogP contribution in [0.2, 0.25) is 0 Å². The first-order valence-corrected chi connectivity index (χ1v) is 9.09. The van der Waals surface area contributed by atoms with Crippen LogP contribution >= 0.6 is 15.9 Å². The number of aliphatic imine (C=N–C) groups is 1. The van der Waals surface area contributed by atoms with Gasteiger partial charge in [0.05, 0.1) is 6.20 Å². The van der Waals surface area contributed by atoms with Crippen LogP contribution in [-0.2, 0) is 18.9 Å². The highest BCUT2D eigenvalue weighted by atomic mass is 79.9. The molecule has 128 valence electrons. The predicted octanol–water partition coefficient (Wildman–Crippen LogP) is 2.62. The fourth-order valence-corrected chi connectivity index (χ4v) is 3.69. The van der Waals surface area contributed by atoms with Crippen molar-refractivity contribution in [3.63, 3.8) is 0 Å². The van der Waals surface area contributed by atoms with Gasteiger partial charge in [-0.25, -0.2) is 0 Å². The zero-order valence-corrected chi connectivity index (χ0v) is 15.8. The van der Waals surface area contributed by atoms with Gasteiger partial charge in [0.1, 0.15) is 0 Å². The van der Waals surface area contributed by atoms with Crippen LogP contribution in [0, 0.1) is 0 Å². The first kappa shape index (κ1) is 17.0. The van der Waals surface area contributed by atoms with Crippen molar-refractivity contribution in [1.29, 1.82) is 0 Å². The van der Waals surface area contributed by atoms with Gasteiger partial charge in [-0.1, -0.05) is 34.1 Å². The average molecular weight is 390 g/mol. The summed E-state index contributed by atoms with van der Waals surface area (Å²) in [4.78, 5) is 4.33. The molecule has 0 radical (unpaired) electrons. The van der Waals surface area contributed by atoms with Gasteiger partial charge in [-0.15, -0.1) is 0 Å². The standard InChI is InChI=1S/C18H24BrN5/c1-20-17(21-10-7-14-11-23-24(2)12-14)22-13-18(8-9-18)15-5-3-4-6-16(15)19/h3-6,11-12H,7-10,13H2,1-2H3,(H2,20,21,22). The number of hydrogen-bond acceptors (Lipinski definition) is 2. The summed E-state index contributed by atoms with van der Waals surface area (Å²) in [5, 5.41) is 11.1. The molecule has 1 fully saturated rings. The smallest absolute Gasteiger partial charge is 0.191 e. The molecule has 1 aliphatic rings. The minimum absolute atomic E-state index is 0.237. The van der Waals surface area contributed by atoms with Crippen molar-refractivity contribution in [2.45, 2.75) is 24.7 Å². The number of guanidine groups is 1. The molecule has 24 heavy (non-hydrogen) atoms. The fraction of sp³-hybridized carbons (Fsp3) is 0.444. The van der Waals surface area contributed by atoms with Gasteiger partial charge in [0.15, 0.2) is 5.96 Å². The first-order chi connectivity index (χ1) is 11.6. The summed E-state index contributed by atoms with van der Waals surface area (Å²) in [6, 6.07) is 8.52. The van der Waals surface area contributed by atoms with Crippen molar-refractivity contribution in [1.82, 2.24) is 20.4 Å². The number of benzene rings is 1. The Balaban J connectivity index is 1.50. The molecule has 0 bridgehead atoms. The van der Waals surface area contributed by atoms with Crippen molar-refractivity contribution in [3.05, 3.63) is 52.3 Å². The summed E-state index contributed by atoms with van der Waals surface area (Å²) in [6.07, 6.45) is 7.32. The molecule has 2 N–H and O–H groups in total. The Kier molecular flexibility index (Phi) is 5.23. The van der Waals surface area contributed by atoms with Gasteiger partial charge in [-0.05, 0) is 36.5 Å². The Morgan fingerprint density at radius 2 is 2.12 bits per heavy atom. The van der Waals surface area contributed by atoms with E-state index < -0.39 is 0 Å². The number of hydrogen-bond donors (Lipinski definition) is 2. The number of aromatic nitrogens is 2. The molecule has 0 atom stereocenters. The Morgan fingerprint density at radius 3 is 2.75 bits per heavy atom. The first-order valence-electron chi connectivity index (χ1n) is 8.30. The number of rotatable bonds is 6. The van der Waals surface area contributed by atoms with Gasteiger partial charge >= 0.3 is 0 Å². The molecule has 1 aromatic carbocycles. The molecule has 0 saturated heterocycles. The fourth-order valence-electron chi connectivity index (χ4n) is 2.98. The van der Waals surface area contributed by atoms with Crippen molar-refractivity contribution in [2.24, 2.45) is 12.0 Å². The molecule has 1 heterocycles. The van der Waals surface area contributed by atoms with E-state index in [0.29, 0.717) is 0 Å². The van der Waals surface area contributed by atoms with Crippen LogP contribution in [0.5, 0.6) is 0 Å². The normalized spacial score (nSPS) is 16.0. The molecular weight excluding hydrogens is 366 g/mol. The molecule has 1 aliphatic carbocycles. The number of nitrogens with zero attached hydrogens (tertiary/aromatic N) is 3. The third kappa shape index (κ3) is 3.98. The van der Waals surface area contributed by atoms with Crippen LogP contribution in [0.25, 0.3) is 0 Å². The molecule has 1 saturated carbocycles. The van der Waals surface area contributed by atoms with E-state index in [0.717, 1.165) is 25.5 Å². The molecule has 0 unspecified atom stereocenters. The van der Waals surface area contributed by atoms with Gasteiger partial charge in [0, 0.05) is 43.3 Å². The lowest BCUT2D eigenvalue weighted by atomic mass is 9.96. The van der Waals surface area contributed by atoms with Gasteiger partial charge < -0.3 is 10.6 Å². The van der Waals surface area contributed by atoms with Crippen LogP contribution in [0.4, 0.5) is 0 Å². The molecule has 0 spiro atoms. The van der Waals surface area contributed by atoms with Gasteiger partial charge in [-0.2, -0.15) is 5.10 Å². The average Bonchev–Trinajstić information content (AvgIpc) is 3.26. The Bertz CT molecular complexity index is 718. The lowest BCUT2D eigenvalue weighted by Gasteiger charge is -2.20. The molecule has 1 aromatic heterocycles. The number of halogens is 1. The van der Waals surface area contributed by atoms with E-state index in [1.54, 1.807) is 0 Å². The second-order valence-electron chi connectivity index (χ2n) is 6.38. The van der Waals surface area contributed by atoms with Crippen LogP contribution in [-0.4, -0.2) is 35.9 Å². The van der Waals surface area contributed by atoms with Crippen molar-refractivity contribution >= 4 is 21.9 Å². The number of nitrogens with one attached hydrogen (secondary N) is 2. The maximum Gasteiger partial charge on any atom is 0.191 e. The predicted molar refractivity (Wildman–Crippen MR) is 101 cm³/mol. The second-order valence-corrected chi connectivity index (χ2v) is 7.24. The molecule has 2 aromatic rings. The van der Waals surface area contributed by atoms with Crippen LogP contribution in [0.1, 0.15) is 24.0 Å². The Morgan fingerprint density at radius 1 is 1.33 bits per heavy atom. The molecule has 0 amide bonds. The summed E-state index contributed by atoms with van der Waals surface area (Å²) < 4.78 is 3.03. The SMILES string of the molecule is CN=C(NCCc1cnn(C)c1)NCC1(c2ccccc2Br)CC1. The molecule has 0 aliphatic heterocycles. The Hall–Kier alpha value is -1.82. The molecular formula is C18H24BrN5. The van der Waals surface area contributed by atoms with Gasteiger partial charge in [-0.3, -0.25) is 9.67 Å². The lowest BCUT2D eigenvalue weighted by Crippen LogP contribution is -2.42. The maximum absolute atomic E-state index is 4.33. The number of aryl methyl sites for hydroxylation is 1. The highest BCUT2D eigenvalue weighted by molar-refractivity contribution is 9.10. The monoisotopic (exact) mass is 389 g/mol. The van der Waals surface area contributed by atoms with Gasteiger partial charge in [0.2, 0.25) is 0 Å². The van der Waals surface area contributed by atoms with E-state index in [4.69, 9.17) is 0 Å². The third-order valence-corrected chi connectivity index (χ3v) is 5.27. The summed E-state index contributed by atoms with van der Waals surface area (Å²) in [6.45, 7) is 1.75. The highest BCUT2D eigenvalue weighted by Crippen LogP contribution is 2.49. The summed E-state index contributed by atoms with van der Waals surface area (Å²) in [5.74, 6) is 0.859. The molecule has 3 rings (SSSR count). The van der Waals surface area contributed by atoms with E-state index in [9.17, 15) is 0 Å². The zero-order valence-electron chi connectivity index (χ0n) is 14.2. The summed E-state index contributed by atoms with van der Waals surface area (Å²) in [7, 11) is 3.76. The van der Waals surface area contributed by atoms with Crippen LogP contribution in [0.15, 0.2) is 46.1 Å². The topological polar surface area (TPSA) is 54.2 Å². The molecule has 6 heteroatoms. The lowest BCUT2D eigenvalue weighted by molar-refractivity contribution is 0.643.